The molecule has 0 atom stereocenters. The largest absolute Gasteiger partial charge is 0.383 e. The zero-order chi connectivity index (χ0) is 12.8. The summed E-state index contributed by atoms with van der Waals surface area (Å²) in [5.41, 5.74) is 9.21. The fraction of sp³-hybridized carbons (Fsp3) is 0.333. The molecule has 0 amide bonds. The van der Waals surface area contributed by atoms with Crippen molar-refractivity contribution in [2.75, 3.05) is 5.73 Å². The Bertz CT molecular complexity index is 586. The van der Waals surface area contributed by atoms with Crippen molar-refractivity contribution >= 4 is 5.82 Å². The summed E-state index contributed by atoms with van der Waals surface area (Å²) in [7, 11) is 0. The van der Waals surface area contributed by atoms with Crippen LogP contribution in [0.2, 0.25) is 0 Å². The van der Waals surface area contributed by atoms with Crippen LogP contribution in [-0.2, 0) is 5.41 Å². The van der Waals surface area contributed by atoms with Crippen LogP contribution in [-0.4, -0.2) is 9.97 Å². The quantitative estimate of drug-likeness (QED) is 0.876. The fourth-order valence-corrected chi connectivity index (χ4v) is 2.09. The first kappa shape index (κ1) is 11.2. The summed E-state index contributed by atoms with van der Waals surface area (Å²) < 4.78 is 0. The highest BCUT2D eigenvalue weighted by molar-refractivity contribution is 5.67. The second kappa shape index (κ2) is 3.80. The third kappa shape index (κ3) is 1.76. The third-order valence-corrected chi connectivity index (χ3v) is 3.77. The van der Waals surface area contributed by atoms with Crippen LogP contribution in [0.15, 0.2) is 30.3 Å². The highest BCUT2D eigenvalue weighted by atomic mass is 15.0. The maximum Gasteiger partial charge on any atom is 0.137 e. The van der Waals surface area contributed by atoms with E-state index in [-0.39, 0.29) is 5.41 Å². The van der Waals surface area contributed by atoms with Crippen LogP contribution in [0.1, 0.15) is 31.2 Å². The van der Waals surface area contributed by atoms with Gasteiger partial charge >= 0.3 is 0 Å². The van der Waals surface area contributed by atoms with Gasteiger partial charge in [0.2, 0.25) is 0 Å². The second-order valence-electron chi connectivity index (χ2n) is 5.33. The van der Waals surface area contributed by atoms with Crippen LogP contribution in [0.3, 0.4) is 0 Å². The molecule has 0 unspecified atom stereocenters. The van der Waals surface area contributed by atoms with Crippen LogP contribution >= 0.6 is 0 Å². The van der Waals surface area contributed by atoms with E-state index in [1.807, 2.05) is 25.1 Å². The van der Waals surface area contributed by atoms with Gasteiger partial charge in [0, 0.05) is 16.5 Å². The fourth-order valence-electron chi connectivity index (χ4n) is 2.09. The van der Waals surface area contributed by atoms with E-state index in [4.69, 9.17) is 10.7 Å². The Morgan fingerprint density at radius 1 is 1.11 bits per heavy atom. The number of hydrogen-bond acceptors (Lipinski definition) is 3. The van der Waals surface area contributed by atoms with Crippen molar-refractivity contribution in [2.24, 2.45) is 0 Å². The molecule has 1 aromatic carbocycles. The first-order valence-electron chi connectivity index (χ1n) is 6.30. The van der Waals surface area contributed by atoms with E-state index in [9.17, 15) is 0 Å². The third-order valence-electron chi connectivity index (χ3n) is 3.77. The van der Waals surface area contributed by atoms with E-state index in [2.05, 4.69) is 24.0 Å². The molecule has 1 aliphatic rings. The monoisotopic (exact) mass is 239 g/mol. The lowest BCUT2D eigenvalue weighted by molar-refractivity contribution is 0.710. The topological polar surface area (TPSA) is 51.8 Å². The number of rotatable bonds is 2. The molecule has 0 radical (unpaired) electrons. The van der Waals surface area contributed by atoms with E-state index >= 15 is 0 Å². The number of nitrogens with two attached hydrogens (primary N) is 1. The number of hydrogen-bond donors (Lipinski definition) is 1. The molecular formula is C15H17N3. The lowest BCUT2D eigenvalue weighted by atomic mass is 10.0. The molecule has 0 spiro atoms. The SMILES string of the molecule is Cc1c(N)nc(C2(C)CC2)nc1-c1ccccc1. The summed E-state index contributed by atoms with van der Waals surface area (Å²) in [5, 5.41) is 0. The van der Waals surface area contributed by atoms with Gasteiger partial charge < -0.3 is 5.73 Å². The maximum absolute atomic E-state index is 6.03. The van der Waals surface area contributed by atoms with Gasteiger partial charge in [0.05, 0.1) is 5.69 Å². The average molecular weight is 239 g/mol. The highest BCUT2D eigenvalue weighted by Gasteiger charge is 2.42. The van der Waals surface area contributed by atoms with Crippen molar-refractivity contribution in [1.29, 1.82) is 0 Å². The lowest BCUT2D eigenvalue weighted by Crippen LogP contribution is -2.11. The molecule has 0 saturated heterocycles. The maximum atomic E-state index is 6.03. The Balaban J connectivity index is 2.17. The molecule has 1 aromatic heterocycles. The van der Waals surface area contributed by atoms with Crippen molar-refractivity contribution in [3.05, 3.63) is 41.7 Å². The number of aromatic nitrogens is 2. The van der Waals surface area contributed by atoms with Gasteiger partial charge in [-0.05, 0) is 19.8 Å². The summed E-state index contributed by atoms with van der Waals surface area (Å²) in [6, 6.07) is 10.2. The van der Waals surface area contributed by atoms with Crippen molar-refractivity contribution in [3.8, 4) is 11.3 Å². The number of benzene rings is 1. The average Bonchev–Trinajstić information content (AvgIpc) is 3.13. The van der Waals surface area contributed by atoms with E-state index in [0.717, 1.165) is 35.5 Å². The molecule has 18 heavy (non-hydrogen) atoms. The van der Waals surface area contributed by atoms with Crippen molar-refractivity contribution in [3.63, 3.8) is 0 Å². The minimum absolute atomic E-state index is 0.144. The second-order valence-corrected chi connectivity index (χ2v) is 5.33. The molecule has 2 aromatic rings. The van der Waals surface area contributed by atoms with Crippen molar-refractivity contribution in [2.45, 2.75) is 32.1 Å². The van der Waals surface area contributed by atoms with Gasteiger partial charge in [-0.3, -0.25) is 0 Å². The van der Waals surface area contributed by atoms with Crippen molar-refractivity contribution in [1.82, 2.24) is 9.97 Å². The Hall–Kier alpha value is -1.90. The van der Waals surface area contributed by atoms with Gasteiger partial charge in [0.25, 0.3) is 0 Å². The van der Waals surface area contributed by atoms with Gasteiger partial charge in [-0.1, -0.05) is 37.3 Å². The lowest BCUT2D eigenvalue weighted by Gasteiger charge is -2.13. The number of nitrogens with zero attached hydrogens (tertiary/aromatic N) is 2. The molecule has 0 aliphatic heterocycles. The summed E-state index contributed by atoms with van der Waals surface area (Å²) in [4.78, 5) is 9.21. The first-order valence-corrected chi connectivity index (χ1v) is 6.30. The molecule has 3 rings (SSSR count). The van der Waals surface area contributed by atoms with Gasteiger partial charge in [0.1, 0.15) is 11.6 Å². The summed E-state index contributed by atoms with van der Waals surface area (Å²) in [6.07, 6.45) is 2.31. The normalized spacial score (nSPS) is 16.6. The number of anilines is 1. The minimum atomic E-state index is 0.144. The van der Waals surface area contributed by atoms with Gasteiger partial charge in [-0.15, -0.1) is 0 Å². The Kier molecular flexibility index (Phi) is 2.37. The molecule has 2 N–H and O–H groups in total. The van der Waals surface area contributed by atoms with Crippen LogP contribution in [0.25, 0.3) is 11.3 Å². The molecule has 3 heteroatoms. The summed E-state index contributed by atoms with van der Waals surface area (Å²) >= 11 is 0. The Labute approximate surface area is 107 Å². The predicted molar refractivity (Wildman–Crippen MR) is 73.2 cm³/mol. The molecule has 1 saturated carbocycles. The van der Waals surface area contributed by atoms with Gasteiger partial charge in [0.15, 0.2) is 0 Å². The van der Waals surface area contributed by atoms with Crippen LogP contribution in [0.4, 0.5) is 5.82 Å². The van der Waals surface area contributed by atoms with E-state index in [1.54, 1.807) is 0 Å². The Morgan fingerprint density at radius 2 is 1.78 bits per heavy atom. The number of nitrogen functional groups attached to an aromatic ring is 1. The smallest absolute Gasteiger partial charge is 0.137 e. The molecular weight excluding hydrogens is 222 g/mol. The predicted octanol–water partition coefficient (Wildman–Crippen LogP) is 3.09. The Morgan fingerprint density at radius 3 is 2.39 bits per heavy atom. The molecule has 1 heterocycles. The molecule has 0 bridgehead atoms. The van der Waals surface area contributed by atoms with Gasteiger partial charge in [-0.25, -0.2) is 9.97 Å². The van der Waals surface area contributed by atoms with Gasteiger partial charge in [-0.2, -0.15) is 0 Å². The molecule has 92 valence electrons. The van der Waals surface area contributed by atoms with Crippen LogP contribution < -0.4 is 5.73 Å². The zero-order valence-electron chi connectivity index (χ0n) is 10.8. The van der Waals surface area contributed by atoms with Crippen molar-refractivity contribution < 1.29 is 0 Å². The first-order chi connectivity index (χ1) is 8.60. The van der Waals surface area contributed by atoms with Crippen LogP contribution in [0, 0.1) is 6.92 Å². The van der Waals surface area contributed by atoms with E-state index in [1.165, 1.54) is 0 Å². The zero-order valence-corrected chi connectivity index (χ0v) is 10.8. The minimum Gasteiger partial charge on any atom is -0.383 e. The van der Waals surface area contributed by atoms with E-state index < -0.39 is 0 Å². The molecule has 1 fully saturated rings. The molecule has 1 aliphatic carbocycles. The van der Waals surface area contributed by atoms with Crippen LogP contribution in [0.5, 0.6) is 0 Å². The summed E-state index contributed by atoms with van der Waals surface area (Å²) in [5.74, 6) is 1.50. The van der Waals surface area contributed by atoms with E-state index in [0.29, 0.717) is 5.82 Å². The highest BCUT2D eigenvalue weighted by Crippen LogP contribution is 2.46. The molecule has 3 nitrogen and oxygen atoms in total. The summed E-state index contributed by atoms with van der Waals surface area (Å²) in [6.45, 7) is 4.18. The standard InChI is InChI=1S/C15H17N3/c1-10-12(11-6-4-3-5-7-11)17-14(18-13(10)16)15(2)8-9-15/h3-7H,8-9H2,1-2H3,(H2,16,17,18).